The Morgan fingerprint density at radius 1 is 1.35 bits per heavy atom. The standard InChI is InChI=1S/C15H16ClFN2O/c1-9-7-18-13(10(2)15(9)20-3)8-19-12-6-4-5-11(16)14(12)17/h4-7,19H,8H2,1-3H3. The van der Waals surface area contributed by atoms with Gasteiger partial charge < -0.3 is 10.1 Å². The van der Waals surface area contributed by atoms with Gasteiger partial charge in [-0.05, 0) is 26.0 Å². The second-order valence-electron chi connectivity index (χ2n) is 4.50. The maximum Gasteiger partial charge on any atom is 0.164 e. The zero-order chi connectivity index (χ0) is 14.7. The Kier molecular flexibility index (Phi) is 4.45. The van der Waals surface area contributed by atoms with Crippen LogP contribution in [0, 0.1) is 19.7 Å². The second kappa shape index (κ2) is 6.09. The molecule has 106 valence electrons. The van der Waals surface area contributed by atoms with Crippen LogP contribution in [-0.2, 0) is 6.54 Å². The van der Waals surface area contributed by atoms with E-state index in [2.05, 4.69) is 10.3 Å². The fraction of sp³-hybridized carbons (Fsp3) is 0.267. The molecule has 20 heavy (non-hydrogen) atoms. The van der Waals surface area contributed by atoms with Gasteiger partial charge in [0.15, 0.2) is 5.82 Å². The third kappa shape index (κ3) is 2.85. The largest absolute Gasteiger partial charge is 0.496 e. The molecular weight excluding hydrogens is 279 g/mol. The van der Waals surface area contributed by atoms with Gasteiger partial charge in [0.25, 0.3) is 0 Å². The highest BCUT2D eigenvalue weighted by Gasteiger charge is 2.11. The smallest absolute Gasteiger partial charge is 0.164 e. The van der Waals surface area contributed by atoms with Crippen molar-refractivity contribution in [2.45, 2.75) is 20.4 Å². The van der Waals surface area contributed by atoms with Crippen LogP contribution in [-0.4, -0.2) is 12.1 Å². The summed E-state index contributed by atoms with van der Waals surface area (Å²) in [6.07, 6.45) is 1.75. The molecule has 3 nitrogen and oxygen atoms in total. The molecule has 0 saturated heterocycles. The summed E-state index contributed by atoms with van der Waals surface area (Å²) in [6, 6.07) is 4.85. The van der Waals surface area contributed by atoms with E-state index in [1.54, 1.807) is 25.4 Å². The number of hydrogen-bond donors (Lipinski definition) is 1. The highest BCUT2D eigenvalue weighted by molar-refractivity contribution is 6.31. The number of nitrogens with zero attached hydrogens (tertiary/aromatic N) is 1. The summed E-state index contributed by atoms with van der Waals surface area (Å²) < 4.78 is 19.1. The first kappa shape index (κ1) is 14.6. The molecule has 1 aromatic heterocycles. The number of nitrogens with one attached hydrogen (secondary N) is 1. The quantitative estimate of drug-likeness (QED) is 0.921. The van der Waals surface area contributed by atoms with Gasteiger partial charge in [-0.15, -0.1) is 0 Å². The first-order chi connectivity index (χ1) is 9.54. The molecule has 0 amide bonds. The fourth-order valence-corrected chi connectivity index (χ4v) is 2.24. The normalized spacial score (nSPS) is 10.4. The lowest BCUT2D eigenvalue weighted by Gasteiger charge is -2.13. The summed E-state index contributed by atoms with van der Waals surface area (Å²) in [5, 5.41) is 3.10. The van der Waals surface area contributed by atoms with Crippen LogP contribution >= 0.6 is 11.6 Å². The lowest BCUT2D eigenvalue weighted by Crippen LogP contribution is -2.07. The van der Waals surface area contributed by atoms with Gasteiger partial charge in [-0.3, -0.25) is 4.98 Å². The Morgan fingerprint density at radius 3 is 2.80 bits per heavy atom. The van der Waals surface area contributed by atoms with Crippen LogP contribution in [0.3, 0.4) is 0 Å². The molecule has 5 heteroatoms. The predicted molar refractivity (Wildman–Crippen MR) is 79.0 cm³/mol. The van der Waals surface area contributed by atoms with Crippen molar-refractivity contribution in [3.05, 3.63) is 52.1 Å². The van der Waals surface area contributed by atoms with E-state index in [9.17, 15) is 4.39 Å². The minimum absolute atomic E-state index is 0.0983. The minimum atomic E-state index is -0.453. The van der Waals surface area contributed by atoms with Gasteiger partial charge in [0.1, 0.15) is 5.75 Å². The third-order valence-corrected chi connectivity index (χ3v) is 3.44. The number of halogens is 2. The number of aromatic nitrogens is 1. The molecule has 0 unspecified atom stereocenters. The lowest BCUT2D eigenvalue weighted by atomic mass is 10.1. The molecule has 2 aromatic rings. The van der Waals surface area contributed by atoms with Gasteiger partial charge in [-0.2, -0.15) is 0 Å². The van der Waals surface area contributed by atoms with Gasteiger partial charge in [0.05, 0.1) is 30.1 Å². The van der Waals surface area contributed by atoms with E-state index in [1.807, 2.05) is 13.8 Å². The van der Waals surface area contributed by atoms with Gasteiger partial charge in [-0.1, -0.05) is 17.7 Å². The molecule has 0 aliphatic carbocycles. The monoisotopic (exact) mass is 294 g/mol. The van der Waals surface area contributed by atoms with Crippen molar-refractivity contribution in [1.82, 2.24) is 4.98 Å². The van der Waals surface area contributed by atoms with E-state index in [-0.39, 0.29) is 5.02 Å². The molecule has 0 fully saturated rings. The van der Waals surface area contributed by atoms with Crippen molar-refractivity contribution in [2.24, 2.45) is 0 Å². The molecule has 1 N–H and O–H groups in total. The van der Waals surface area contributed by atoms with Gasteiger partial charge in [0.2, 0.25) is 0 Å². The highest BCUT2D eigenvalue weighted by atomic mass is 35.5. The van der Waals surface area contributed by atoms with Crippen LogP contribution in [0.1, 0.15) is 16.8 Å². The van der Waals surface area contributed by atoms with E-state index >= 15 is 0 Å². The average Bonchev–Trinajstić information content (AvgIpc) is 2.43. The first-order valence-electron chi connectivity index (χ1n) is 6.21. The molecule has 0 atom stereocenters. The molecule has 0 aliphatic heterocycles. The summed E-state index contributed by atoms with van der Waals surface area (Å²) in [4.78, 5) is 4.36. The zero-order valence-electron chi connectivity index (χ0n) is 11.6. The highest BCUT2D eigenvalue weighted by Crippen LogP contribution is 2.26. The maximum atomic E-state index is 13.8. The van der Waals surface area contributed by atoms with Gasteiger partial charge in [0, 0.05) is 17.3 Å². The molecule has 0 saturated carbocycles. The molecule has 1 heterocycles. The van der Waals surface area contributed by atoms with E-state index in [4.69, 9.17) is 16.3 Å². The fourth-order valence-electron chi connectivity index (χ4n) is 2.07. The van der Waals surface area contributed by atoms with Crippen molar-refractivity contribution >= 4 is 17.3 Å². The van der Waals surface area contributed by atoms with E-state index < -0.39 is 5.82 Å². The van der Waals surface area contributed by atoms with Crippen LogP contribution in [0.15, 0.2) is 24.4 Å². The Morgan fingerprint density at radius 2 is 2.10 bits per heavy atom. The number of hydrogen-bond acceptors (Lipinski definition) is 3. The first-order valence-corrected chi connectivity index (χ1v) is 6.59. The molecule has 2 rings (SSSR count). The predicted octanol–water partition coefficient (Wildman–Crippen LogP) is 4.11. The molecule has 0 spiro atoms. The van der Waals surface area contributed by atoms with Crippen LogP contribution < -0.4 is 10.1 Å². The van der Waals surface area contributed by atoms with Crippen molar-refractivity contribution in [2.75, 3.05) is 12.4 Å². The van der Waals surface area contributed by atoms with E-state index in [0.29, 0.717) is 12.2 Å². The van der Waals surface area contributed by atoms with Crippen molar-refractivity contribution < 1.29 is 9.13 Å². The van der Waals surface area contributed by atoms with Gasteiger partial charge in [-0.25, -0.2) is 4.39 Å². The molecule has 0 aliphatic rings. The summed E-state index contributed by atoms with van der Waals surface area (Å²) in [7, 11) is 1.63. The molecule has 0 radical (unpaired) electrons. The van der Waals surface area contributed by atoms with Gasteiger partial charge >= 0.3 is 0 Å². The average molecular weight is 295 g/mol. The number of methoxy groups -OCH3 is 1. The van der Waals surface area contributed by atoms with Crippen molar-refractivity contribution in [1.29, 1.82) is 0 Å². The SMILES string of the molecule is COc1c(C)cnc(CNc2cccc(Cl)c2F)c1C. The lowest BCUT2D eigenvalue weighted by molar-refractivity contribution is 0.407. The summed E-state index contributed by atoms with van der Waals surface area (Å²) in [6.45, 7) is 4.27. The summed E-state index contributed by atoms with van der Waals surface area (Å²) >= 11 is 5.74. The third-order valence-electron chi connectivity index (χ3n) is 3.15. The summed E-state index contributed by atoms with van der Waals surface area (Å²) in [5.74, 6) is 0.356. The van der Waals surface area contributed by atoms with Crippen LogP contribution in [0.5, 0.6) is 5.75 Å². The zero-order valence-corrected chi connectivity index (χ0v) is 12.4. The van der Waals surface area contributed by atoms with Crippen molar-refractivity contribution in [3.8, 4) is 5.75 Å². The Bertz CT molecular complexity index is 632. The maximum absolute atomic E-state index is 13.8. The number of anilines is 1. The second-order valence-corrected chi connectivity index (χ2v) is 4.91. The van der Waals surface area contributed by atoms with E-state index in [0.717, 1.165) is 22.6 Å². The summed E-state index contributed by atoms with van der Waals surface area (Å²) in [5.41, 5.74) is 3.09. The van der Waals surface area contributed by atoms with Crippen molar-refractivity contribution in [3.63, 3.8) is 0 Å². The number of aryl methyl sites for hydroxylation is 1. The number of rotatable bonds is 4. The van der Waals surface area contributed by atoms with Crippen LogP contribution in [0.25, 0.3) is 0 Å². The Balaban J connectivity index is 2.21. The number of pyridine rings is 1. The Labute approximate surface area is 122 Å². The molecular formula is C15H16ClFN2O. The topological polar surface area (TPSA) is 34.1 Å². The minimum Gasteiger partial charge on any atom is -0.496 e. The Hall–Kier alpha value is -1.81. The molecule has 1 aromatic carbocycles. The molecule has 0 bridgehead atoms. The van der Waals surface area contributed by atoms with E-state index in [1.165, 1.54) is 6.07 Å². The number of ether oxygens (including phenoxy) is 1. The van der Waals surface area contributed by atoms with Crippen LogP contribution in [0.2, 0.25) is 5.02 Å². The van der Waals surface area contributed by atoms with Crippen LogP contribution in [0.4, 0.5) is 10.1 Å². The number of benzene rings is 1.